The van der Waals surface area contributed by atoms with Crippen LogP contribution in [0.2, 0.25) is 0 Å². The van der Waals surface area contributed by atoms with Crippen LogP contribution in [0.15, 0.2) is 24.3 Å². The Hall–Kier alpha value is -1.71. The standard InChI is InChI=1S/C13H18N2O2/c1-9(2)15(3)13(16)12-8-14-10-6-4-5-7-11(10)17-12/h4-7,9,12,14H,8H2,1-3H3. The van der Waals surface area contributed by atoms with E-state index in [1.54, 1.807) is 11.9 Å². The summed E-state index contributed by atoms with van der Waals surface area (Å²) in [6.07, 6.45) is -0.433. The SMILES string of the molecule is CC(C)N(C)C(=O)C1CNc2ccccc2O1. The number of carbonyl (C=O) groups is 1. The number of nitrogens with zero attached hydrogens (tertiary/aromatic N) is 1. The summed E-state index contributed by atoms with van der Waals surface area (Å²) in [4.78, 5) is 13.8. The number of likely N-dealkylation sites (N-methyl/N-ethyl adjacent to an activating group) is 1. The van der Waals surface area contributed by atoms with Crippen LogP contribution < -0.4 is 10.1 Å². The lowest BCUT2D eigenvalue weighted by atomic mass is 10.2. The Labute approximate surface area is 102 Å². The lowest BCUT2D eigenvalue weighted by Gasteiger charge is -2.31. The maximum atomic E-state index is 12.1. The fourth-order valence-corrected chi connectivity index (χ4v) is 1.73. The largest absolute Gasteiger partial charge is 0.477 e. The minimum atomic E-state index is -0.433. The number of para-hydroxylation sites is 2. The van der Waals surface area contributed by atoms with Crippen molar-refractivity contribution < 1.29 is 9.53 Å². The molecule has 1 aromatic carbocycles. The zero-order valence-corrected chi connectivity index (χ0v) is 10.4. The predicted molar refractivity (Wildman–Crippen MR) is 67.3 cm³/mol. The molecule has 0 aromatic heterocycles. The van der Waals surface area contributed by atoms with Crippen molar-refractivity contribution in [1.82, 2.24) is 4.90 Å². The van der Waals surface area contributed by atoms with Gasteiger partial charge in [0.2, 0.25) is 0 Å². The van der Waals surface area contributed by atoms with Gasteiger partial charge in [-0.25, -0.2) is 0 Å². The van der Waals surface area contributed by atoms with E-state index >= 15 is 0 Å². The molecule has 0 radical (unpaired) electrons. The Bertz CT molecular complexity index is 418. The van der Waals surface area contributed by atoms with Gasteiger partial charge in [-0.1, -0.05) is 12.1 Å². The third-order valence-electron chi connectivity index (χ3n) is 3.03. The van der Waals surface area contributed by atoms with Crippen molar-refractivity contribution in [3.8, 4) is 5.75 Å². The number of fused-ring (bicyclic) bond motifs is 1. The average molecular weight is 234 g/mol. The van der Waals surface area contributed by atoms with Crippen molar-refractivity contribution in [1.29, 1.82) is 0 Å². The van der Waals surface area contributed by atoms with Gasteiger partial charge in [-0.15, -0.1) is 0 Å². The van der Waals surface area contributed by atoms with E-state index in [1.165, 1.54) is 0 Å². The van der Waals surface area contributed by atoms with Gasteiger partial charge in [-0.2, -0.15) is 0 Å². The number of ether oxygens (including phenoxy) is 1. The van der Waals surface area contributed by atoms with Crippen molar-refractivity contribution in [2.24, 2.45) is 0 Å². The van der Waals surface area contributed by atoms with E-state index in [-0.39, 0.29) is 11.9 Å². The molecule has 1 atom stereocenters. The number of anilines is 1. The molecule has 4 nitrogen and oxygen atoms in total. The quantitative estimate of drug-likeness (QED) is 0.847. The Morgan fingerprint density at radius 3 is 2.88 bits per heavy atom. The zero-order valence-electron chi connectivity index (χ0n) is 10.4. The van der Waals surface area contributed by atoms with Gasteiger partial charge in [0.1, 0.15) is 5.75 Å². The second kappa shape index (κ2) is 4.65. The first-order valence-corrected chi connectivity index (χ1v) is 5.86. The summed E-state index contributed by atoms with van der Waals surface area (Å²) in [6.45, 7) is 4.50. The molecule has 1 N–H and O–H groups in total. The van der Waals surface area contributed by atoms with Crippen LogP contribution in [0.4, 0.5) is 5.69 Å². The summed E-state index contributed by atoms with van der Waals surface area (Å²) in [6, 6.07) is 7.85. The van der Waals surface area contributed by atoms with E-state index in [1.807, 2.05) is 38.1 Å². The second-order valence-electron chi connectivity index (χ2n) is 4.53. The van der Waals surface area contributed by atoms with Gasteiger partial charge in [0.05, 0.1) is 12.2 Å². The van der Waals surface area contributed by atoms with Crippen LogP contribution in [0.5, 0.6) is 5.75 Å². The summed E-state index contributed by atoms with van der Waals surface area (Å²) >= 11 is 0. The molecule has 17 heavy (non-hydrogen) atoms. The molecule has 1 aliphatic heterocycles. The summed E-state index contributed by atoms with van der Waals surface area (Å²) in [5, 5.41) is 3.21. The molecule has 0 fully saturated rings. The molecule has 0 bridgehead atoms. The fraction of sp³-hybridized carbons (Fsp3) is 0.462. The molecule has 1 heterocycles. The van der Waals surface area contributed by atoms with E-state index in [0.717, 1.165) is 11.4 Å². The lowest BCUT2D eigenvalue weighted by Crippen LogP contribution is -2.47. The first-order chi connectivity index (χ1) is 8.09. The Balaban J connectivity index is 2.10. The van der Waals surface area contributed by atoms with Crippen LogP contribution in [-0.4, -0.2) is 36.5 Å². The molecule has 0 spiro atoms. The van der Waals surface area contributed by atoms with Crippen LogP contribution in [0.3, 0.4) is 0 Å². The van der Waals surface area contributed by atoms with Crippen LogP contribution in [-0.2, 0) is 4.79 Å². The highest BCUT2D eigenvalue weighted by Crippen LogP contribution is 2.28. The van der Waals surface area contributed by atoms with Gasteiger partial charge >= 0.3 is 0 Å². The Kier molecular flexibility index (Phi) is 3.22. The van der Waals surface area contributed by atoms with Crippen molar-refractivity contribution in [3.63, 3.8) is 0 Å². The monoisotopic (exact) mass is 234 g/mol. The van der Waals surface area contributed by atoms with Gasteiger partial charge in [0.25, 0.3) is 5.91 Å². The third kappa shape index (κ3) is 2.35. The highest BCUT2D eigenvalue weighted by molar-refractivity contribution is 5.83. The van der Waals surface area contributed by atoms with E-state index < -0.39 is 6.10 Å². The third-order valence-corrected chi connectivity index (χ3v) is 3.03. The molecule has 1 aliphatic rings. The van der Waals surface area contributed by atoms with E-state index in [2.05, 4.69) is 5.32 Å². The summed E-state index contributed by atoms with van der Waals surface area (Å²) in [7, 11) is 1.80. The molecule has 0 saturated carbocycles. The number of hydrogen-bond donors (Lipinski definition) is 1. The molecule has 2 rings (SSSR count). The normalized spacial score (nSPS) is 18.0. The molecule has 92 valence electrons. The summed E-state index contributed by atoms with van der Waals surface area (Å²) in [5.74, 6) is 0.760. The Morgan fingerprint density at radius 1 is 1.47 bits per heavy atom. The summed E-state index contributed by atoms with van der Waals surface area (Å²) < 4.78 is 5.71. The number of carbonyl (C=O) groups excluding carboxylic acids is 1. The lowest BCUT2D eigenvalue weighted by molar-refractivity contribution is -0.138. The van der Waals surface area contributed by atoms with Gasteiger partial charge < -0.3 is 15.0 Å². The Morgan fingerprint density at radius 2 is 2.18 bits per heavy atom. The number of benzene rings is 1. The summed E-state index contributed by atoms with van der Waals surface area (Å²) in [5.41, 5.74) is 0.948. The molecule has 4 heteroatoms. The first kappa shape index (κ1) is 11.8. The average Bonchev–Trinajstić information content (AvgIpc) is 2.36. The minimum absolute atomic E-state index is 0.0157. The smallest absolute Gasteiger partial charge is 0.265 e. The van der Waals surface area contributed by atoms with Crippen LogP contribution >= 0.6 is 0 Å². The molecule has 0 aliphatic carbocycles. The highest BCUT2D eigenvalue weighted by atomic mass is 16.5. The second-order valence-corrected chi connectivity index (χ2v) is 4.53. The van der Waals surface area contributed by atoms with Crippen molar-refractivity contribution >= 4 is 11.6 Å². The first-order valence-electron chi connectivity index (χ1n) is 5.86. The van der Waals surface area contributed by atoms with Gasteiger partial charge in [-0.05, 0) is 26.0 Å². The fourth-order valence-electron chi connectivity index (χ4n) is 1.73. The zero-order chi connectivity index (χ0) is 12.4. The topological polar surface area (TPSA) is 41.6 Å². The highest BCUT2D eigenvalue weighted by Gasteiger charge is 2.28. The number of nitrogens with one attached hydrogen (secondary N) is 1. The molecule has 1 aromatic rings. The van der Waals surface area contributed by atoms with Crippen LogP contribution in [0.25, 0.3) is 0 Å². The van der Waals surface area contributed by atoms with Crippen molar-refractivity contribution in [3.05, 3.63) is 24.3 Å². The van der Waals surface area contributed by atoms with Gasteiger partial charge in [-0.3, -0.25) is 4.79 Å². The van der Waals surface area contributed by atoms with Crippen LogP contribution in [0, 0.1) is 0 Å². The van der Waals surface area contributed by atoms with Gasteiger partial charge in [0.15, 0.2) is 6.10 Å². The molecular weight excluding hydrogens is 216 g/mol. The molecule has 1 unspecified atom stereocenters. The maximum Gasteiger partial charge on any atom is 0.265 e. The van der Waals surface area contributed by atoms with Crippen molar-refractivity contribution in [2.75, 3.05) is 18.9 Å². The van der Waals surface area contributed by atoms with E-state index in [9.17, 15) is 4.79 Å². The maximum absolute atomic E-state index is 12.1. The molecule has 1 amide bonds. The van der Waals surface area contributed by atoms with Gasteiger partial charge in [0, 0.05) is 13.1 Å². The number of rotatable bonds is 2. The van der Waals surface area contributed by atoms with Crippen molar-refractivity contribution in [2.45, 2.75) is 26.0 Å². The van der Waals surface area contributed by atoms with E-state index in [4.69, 9.17) is 4.74 Å². The molecule has 0 saturated heterocycles. The van der Waals surface area contributed by atoms with Crippen LogP contribution in [0.1, 0.15) is 13.8 Å². The predicted octanol–water partition coefficient (Wildman–Crippen LogP) is 1.73. The molecular formula is C13H18N2O2. The number of amides is 1. The number of hydrogen-bond acceptors (Lipinski definition) is 3. The van der Waals surface area contributed by atoms with E-state index in [0.29, 0.717) is 6.54 Å². The minimum Gasteiger partial charge on any atom is -0.477 e.